The van der Waals surface area contributed by atoms with Crippen molar-refractivity contribution in [1.29, 1.82) is 0 Å². The Balaban J connectivity index is 2.36. The molecule has 0 spiro atoms. The molecule has 1 aromatic carbocycles. The number of alkyl halides is 2. The lowest BCUT2D eigenvalue weighted by Crippen LogP contribution is -2.32. The van der Waals surface area contributed by atoms with Gasteiger partial charge in [0.2, 0.25) is 6.79 Å². The van der Waals surface area contributed by atoms with Crippen LogP contribution in [0.2, 0.25) is 0 Å². The number of halogens is 3. The predicted octanol–water partition coefficient (Wildman–Crippen LogP) is 3.78. The van der Waals surface area contributed by atoms with E-state index in [0.717, 1.165) is 0 Å². The summed E-state index contributed by atoms with van der Waals surface area (Å²) < 4.78 is 43.1. The van der Waals surface area contributed by atoms with Crippen molar-refractivity contribution < 1.29 is 27.8 Å². The van der Waals surface area contributed by atoms with E-state index in [4.69, 9.17) is 9.47 Å². The fraction of sp³-hybridized carbons (Fsp3) is 0.357. The molecule has 0 saturated heterocycles. The minimum atomic E-state index is -3.66. The molecule has 0 N–H and O–H groups in total. The Bertz CT molecular complexity index is 599. The molecule has 1 aliphatic heterocycles. The molecule has 0 fully saturated rings. The lowest BCUT2D eigenvalue weighted by Gasteiger charge is -2.17. The quantitative estimate of drug-likeness (QED) is 0.560. The molecular weight excluding hydrogens is 397 g/mol. The van der Waals surface area contributed by atoms with E-state index in [-0.39, 0.29) is 22.6 Å². The van der Waals surface area contributed by atoms with E-state index in [9.17, 15) is 13.6 Å². The Morgan fingerprint density at radius 3 is 2.71 bits per heavy atom. The highest BCUT2D eigenvalue weighted by Gasteiger charge is 2.44. The van der Waals surface area contributed by atoms with Crippen LogP contribution in [0, 0.1) is 0 Å². The summed E-state index contributed by atoms with van der Waals surface area (Å²) in [6.07, 6.45) is 0. The second kappa shape index (κ2) is 6.17. The van der Waals surface area contributed by atoms with E-state index in [0.29, 0.717) is 17.1 Å². The van der Waals surface area contributed by atoms with Gasteiger partial charge in [-0.3, -0.25) is 0 Å². The molecule has 0 radical (unpaired) electrons. The topological polar surface area (TPSA) is 44.8 Å². The summed E-state index contributed by atoms with van der Waals surface area (Å²) in [4.78, 5) is 11.4. The number of carbonyl (C=O) groups is 1. The van der Waals surface area contributed by atoms with Crippen LogP contribution < -0.4 is 9.47 Å². The standard InChI is InChI=1S/C14H13F2IO4/c1-3-19-13(18)14(15,16)8(2)12(17)9-4-5-10-11(6-9)21-7-20-10/h4-6H,3,7H2,1-2H3/b12-8+. The molecular formula is C14H13F2IO4. The van der Waals surface area contributed by atoms with Crippen molar-refractivity contribution in [3.05, 3.63) is 29.3 Å². The number of benzene rings is 1. The van der Waals surface area contributed by atoms with Crippen molar-refractivity contribution in [1.82, 2.24) is 0 Å². The van der Waals surface area contributed by atoms with Crippen LogP contribution in [-0.4, -0.2) is 25.3 Å². The Kier molecular flexibility index (Phi) is 4.70. The second-order valence-electron chi connectivity index (χ2n) is 4.30. The zero-order valence-electron chi connectivity index (χ0n) is 11.4. The van der Waals surface area contributed by atoms with Gasteiger partial charge in [0.05, 0.1) is 6.61 Å². The monoisotopic (exact) mass is 410 g/mol. The van der Waals surface area contributed by atoms with E-state index in [1.54, 1.807) is 40.8 Å². The van der Waals surface area contributed by atoms with Gasteiger partial charge in [-0.2, -0.15) is 8.78 Å². The first kappa shape index (κ1) is 16.0. The average molecular weight is 410 g/mol. The van der Waals surface area contributed by atoms with Gasteiger partial charge in [-0.05, 0) is 60.2 Å². The van der Waals surface area contributed by atoms with E-state index in [1.807, 2.05) is 0 Å². The molecule has 1 heterocycles. The number of hydrogen-bond donors (Lipinski definition) is 0. The molecule has 7 heteroatoms. The van der Waals surface area contributed by atoms with Gasteiger partial charge in [-0.1, -0.05) is 0 Å². The first-order chi connectivity index (χ1) is 9.87. The highest BCUT2D eigenvalue weighted by molar-refractivity contribution is 14.1. The summed E-state index contributed by atoms with van der Waals surface area (Å²) in [6, 6.07) is 4.89. The normalized spacial score (nSPS) is 14.7. The van der Waals surface area contributed by atoms with Crippen LogP contribution in [0.3, 0.4) is 0 Å². The van der Waals surface area contributed by atoms with E-state index >= 15 is 0 Å². The van der Waals surface area contributed by atoms with Crippen LogP contribution in [0.1, 0.15) is 19.4 Å². The second-order valence-corrected chi connectivity index (χ2v) is 5.38. The van der Waals surface area contributed by atoms with Crippen molar-refractivity contribution in [2.45, 2.75) is 19.8 Å². The van der Waals surface area contributed by atoms with Gasteiger partial charge < -0.3 is 14.2 Å². The van der Waals surface area contributed by atoms with Crippen molar-refractivity contribution >= 4 is 32.1 Å². The van der Waals surface area contributed by atoms with Crippen LogP contribution in [0.25, 0.3) is 3.58 Å². The molecule has 0 aliphatic carbocycles. The van der Waals surface area contributed by atoms with Gasteiger partial charge in [0.1, 0.15) is 0 Å². The maximum Gasteiger partial charge on any atom is 0.381 e. The molecule has 1 aromatic rings. The summed E-state index contributed by atoms with van der Waals surface area (Å²) in [5.41, 5.74) is 0.168. The molecule has 4 nitrogen and oxygen atoms in total. The third-order valence-electron chi connectivity index (χ3n) is 2.96. The molecule has 0 unspecified atom stereocenters. The molecule has 0 atom stereocenters. The van der Waals surface area contributed by atoms with Crippen LogP contribution in [-0.2, 0) is 9.53 Å². The zero-order valence-corrected chi connectivity index (χ0v) is 13.6. The van der Waals surface area contributed by atoms with Crippen LogP contribution in [0.15, 0.2) is 23.8 Å². The van der Waals surface area contributed by atoms with Crippen molar-refractivity contribution in [3.63, 3.8) is 0 Å². The van der Waals surface area contributed by atoms with Crippen molar-refractivity contribution in [3.8, 4) is 11.5 Å². The summed E-state index contributed by atoms with van der Waals surface area (Å²) >= 11 is 1.78. The zero-order chi connectivity index (χ0) is 15.6. The van der Waals surface area contributed by atoms with Gasteiger partial charge in [0, 0.05) is 9.15 Å². The Hall–Kier alpha value is -1.38. The van der Waals surface area contributed by atoms with Crippen LogP contribution in [0.5, 0.6) is 11.5 Å². The third kappa shape index (κ3) is 3.12. The number of rotatable bonds is 4. The number of ether oxygens (including phenoxy) is 3. The maximum atomic E-state index is 14.0. The maximum absolute atomic E-state index is 14.0. The minimum absolute atomic E-state index is 0.0949. The molecule has 21 heavy (non-hydrogen) atoms. The smallest absolute Gasteiger partial charge is 0.381 e. The minimum Gasteiger partial charge on any atom is -0.461 e. The molecule has 0 amide bonds. The van der Waals surface area contributed by atoms with Gasteiger partial charge >= 0.3 is 11.9 Å². The van der Waals surface area contributed by atoms with Crippen LogP contribution >= 0.6 is 22.6 Å². The third-order valence-corrected chi connectivity index (χ3v) is 4.39. The van der Waals surface area contributed by atoms with Crippen molar-refractivity contribution in [2.75, 3.05) is 13.4 Å². The van der Waals surface area contributed by atoms with Gasteiger partial charge in [0.25, 0.3) is 0 Å². The predicted molar refractivity (Wildman–Crippen MR) is 80.8 cm³/mol. The number of esters is 1. The van der Waals surface area contributed by atoms with E-state index < -0.39 is 11.9 Å². The molecule has 0 saturated carbocycles. The largest absolute Gasteiger partial charge is 0.461 e. The van der Waals surface area contributed by atoms with Gasteiger partial charge in [0.15, 0.2) is 11.5 Å². The van der Waals surface area contributed by atoms with Crippen molar-refractivity contribution in [2.24, 2.45) is 0 Å². The fourth-order valence-corrected chi connectivity index (χ4v) is 2.44. The molecule has 2 rings (SSSR count). The molecule has 1 aliphatic rings. The Morgan fingerprint density at radius 2 is 2.05 bits per heavy atom. The molecule has 114 valence electrons. The number of fused-ring (bicyclic) bond motifs is 1. The molecule has 0 aromatic heterocycles. The summed E-state index contributed by atoms with van der Waals surface area (Å²) in [6.45, 7) is 2.71. The Morgan fingerprint density at radius 1 is 1.38 bits per heavy atom. The fourth-order valence-electron chi connectivity index (χ4n) is 1.76. The Labute approximate surface area is 134 Å². The summed E-state index contributed by atoms with van der Waals surface area (Å²) in [5, 5.41) is 0. The highest BCUT2D eigenvalue weighted by atomic mass is 127. The lowest BCUT2D eigenvalue weighted by atomic mass is 10.1. The lowest BCUT2D eigenvalue weighted by molar-refractivity contribution is -0.165. The van der Waals surface area contributed by atoms with Gasteiger partial charge in [-0.15, -0.1) is 0 Å². The highest BCUT2D eigenvalue weighted by Crippen LogP contribution is 2.40. The SMILES string of the molecule is CCOC(=O)C(F)(F)/C(C)=C(/I)c1ccc2c(c1)OCO2. The average Bonchev–Trinajstić information content (AvgIpc) is 2.93. The summed E-state index contributed by atoms with van der Waals surface area (Å²) in [7, 11) is 0. The first-order valence-electron chi connectivity index (χ1n) is 6.19. The number of carbonyl (C=O) groups excluding carboxylic acids is 1. The molecule has 0 bridgehead atoms. The number of hydrogen-bond acceptors (Lipinski definition) is 4. The summed E-state index contributed by atoms with van der Waals surface area (Å²) in [5.74, 6) is -4.15. The van der Waals surface area contributed by atoms with Crippen LogP contribution in [0.4, 0.5) is 8.78 Å². The van der Waals surface area contributed by atoms with Gasteiger partial charge in [-0.25, -0.2) is 4.79 Å². The van der Waals surface area contributed by atoms with E-state index in [2.05, 4.69) is 4.74 Å². The first-order valence-corrected chi connectivity index (χ1v) is 7.27. The van der Waals surface area contributed by atoms with E-state index in [1.165, 1.54) is 13.8 Å².